The lowest BCUT2D eigenvalue weighted by atomic mass is 10.2. The Morgan fingerprint density at radius 2 is 2.30 bits per heavy atom. The lowest BCUT2D eigenvalue weighted by molar-refractivity contribution is 0.391. The van der Waals surface area contributed by atoms with Crippen molar-refractivity contribution in [3.05, 3.63) is 35.2 Å². The molecule has 9 heteroatoms. The Kier molecular flexibility index (Phi) is 3.66. The summed E-state index contributed by atoms with van der Waals surface area (Å²) < 4.78 is 6.78. The maximum absolute atomic E-state index is 5.93. The smallest absolute Gasteiger partial charge is 0.237 e. The number of hydrogen-bond acceptors (Lipinski definition) is 7. The van der Waals surface area contributed by atoms with E-state index in [9.17, 15) is 0 Å². The molecule has 0 bridgehead atoms. The zero-order valence-corrected chi connectivity index (χ0v) is 12.0. The molecule has 0 fully saturated rings. The van der Waals surface area contributed by atoms with Crippen LogP contribution in [0.4, 0.5) is 0 Å². The standard InChI is InChI=1S/C11H9ClN6OS/c1-18-11(14-16-17-18)20-6-9-13-10(15-19-9)7-3-2-4-8(12)5-7/h2-5H,6H2,1H3. The Morgan fingerprint density at radius 1 is 1.40 bits per heavy atom. The first-order valence-corrected chi connectivity index (χ1v) is 7.02. The molecule has 0 N–H and O–H groups in total. The number of nitrogens with zero attached hydrogens (tertiary/aromatic N) is 6. The fourth-order valence-electron chi connectivity index (χ4n) is 1.53. The van der Waals surface area contributed by atoms with Gasteiger partial charge < -0.3 is 4.52 Å². The number of tetrazole rings is 1. The number of rotatable bonds is 4. The highest BCUT2D eigenvalue weighted by atomic mass is 35.5. The SMILES string of the molecule is Cn1nnnc1SCc1nc(-c2cccc(Cl)c2)no1. The molecule has 1 aromatic carbocycles. The van der Waals surface area contributed by atoms with E-state index in [0.29, 0.717) is 27.6 Å². The quantitative estimate of drug-likeness (QED) is 0.683. The van der Waals surface area contributed by atoms with Crippen LogP contribution in [0.25, 0.3) is 11.4 Å². The average molecular weight is 309 g/mol. The molecule has 0 aliphatic heterocycles. The molecule has 0 saturated carbocycles. The van der Waals surface area contributed by atoms with Crippen molar-refractivity contribution in [3.63, 3.8) is 0 Å². The van der Waals surface area contributed by atoms with Crippen LogP contribution in [0, 0.1) is 0 Å². The maximum atomic E-state index is 5.93. The molecule has 0 aliphatic carbocycles. The molecule has 2 heterocycles. The Balaban J connectivity index is 1.72. The van der Waals surface area contributed by atoms with E-state index in [-0.39, 0.29) is 0 Å². The fraction of sp³-hybridized carbons (Fsp3) is 0.182. The van der Waals surface area contributed by atoms with Crippen molar-refractivity contribution < 1.29 is 4.52 Å². The molecule has 3 rings (SSSR count). The topological polar surface area (TPSA) is 82.5 Å². The van der Waals surface area contributed by atoms with Gasteiger partial charge in [-0.3, -0.25) is 0 Å². The van der Waals surface area contributed by atoms with E-state index in [1.165, 1.54) is 11.8 Å². The molecule has 0 unspecified atom stereocenters. The Bertz CT molecular complexity index is 727. The predicted octanol–water partition coefficient (Wildman–Crippen LogP) is 2.21. The van der Waals surface area contributed by atoms with Crippen LogP contribution in [-0.4, -0.2) is 30.3 Å². The van der Waals surface area contributed by atoms with Crippen molar-refractivity contribution in [1.82, 2.24) is 30.3 Å². The number of benzene rings is 1. The van der Waals surface area contributed by atoms with Gasteiger partial charge in [-0.1, -0.05) is 40.7 Å². The third-order valence-electron chi connectivity index (χ3n) is 2.46. The summed E-state index contributed by atoms with van der Waals surface area (Å²) in [6.45, 7) is 0. The van der Waals surface area contributed by atoms with Gasteiger partial charge in [-0.15, -0.1) is 5.10 Å². The van der Waals surface area contributed by atoms with E-state index in [1.807, 2.05) is 12.1 Å². The zero-order valence-electron chi connectivity index (χ0n) is 10.4. The van der Waals surface area contributed by atoms with E-state index in [1.54, 1.807) is 23.9 Å². The van der Waals surface area contributed by atoms with Crippen molar-refractivity contribution in [1.29, 1.82) is 0 Å². The summed E-state index contributed by atoms with van der Waals surface area (Å²) in [6, 6.07) is 7.30. The zero-order chi connectivity index (χ0) is 13.9. The molecule has 0 amide bonds. The van der Waals surface area contributed by atoms with Gasteiger partial charge in [0.25, 0.3) is 0 Å². The molecular weight excluding hydrogens is 300 g/mol. The van der Waals surface area contributed by atoms with Crippen LogP contribution < -0.4 is 0 Å². The Labute approximate surface area is 123 Å². The predicted molar refractivity (Wildman–Crippen MR) is 73.1 cm³/mol. The first-order chi connectivity index (χ1) is 9.72. The van der Waals surface area contributed by atoms with Crippen molar-refractivity contribution in [3.8, 4) is 11.4 Å². The minimum absolute atomic E-state index is 0.502. The number of hydrogen-bond donors (Lipinski definition) is 0. The first-order valence-electron chi connectivity index (χ1n) is 5.66. The molecular formula is C11H9ClN6OS. The van der Waals surface area contributed by atoms with Crippen molar-refractivity contribution in [2.75, 3.05) is 0 Å². The molecule has 0 atom stereocenters. The van der Waals surface area contributed by atoms with Crippen molar-refractivity contribution in [2.45, 2.75) is 10.9 Å². The van der Waals surface area contributed by atoms with E-state index in [2.05, 4.69) is 25.7 Å². The van der Waals surface area contributed by atoms with Crippen LogP contribution >= 0.6 is 23.4 Å². The second-order valence-electron chi connectivity index (χ2n) is 3.90. The van der Waals surface area contributed by atoms with Crippen LogP contribution in [-0.2, 0) is 12.8 Å². The molecule has 0 spiro atoms. The average Bonchev–Trinajstić information content (AvgIpc) is 3.05. The second-order valence-corrected chi connectivity index (χ2v) is 5.27. The summed E-state index contributed by atoms with van der Waals surface area (Å²) in [7, 11) is 1.77. The van der Waals surface area contributed by atoms with Gasteiger partial charge in [0.2, 0.25) is 16.9 Å². The van der Waals surface area contributed by atoms with Gasteiger partial charge in [0.1, 0.15) is 0 Å². The second kappa shape index (κ2) is 5.59. The maximum Gasteiger partial charge on any atom is 0.237 e. The van der Waals surface area contributed by atoms with Gasteiger partial charge in [-0.05, 0) is 22.6 Å². The first kappa shape index (κ1) is 13.1. The molecule has 102 valence electrons. The summed E-state index contributed by atoms with van der Waals surface area (Å²) in [5.41, 5.74) is 0.817. The minimum Gasteiger partial charge on any atom is -0.338 e. The summed E-state index contributed by atoms with van der Waals surface area (Å²) in [5.74, 6) is 1.52. The monoisotopic (exact) mass is 308 g/mol. The van der Waals surface area contributed by atoms with Gasteiger partial charge in [0.05, 0.1) is 5.75 Å². The normalized spacial score (nSPS) is 10.9. The lowest BCUT2D eigenvalue weighted by Gasteiger charge is -1.94. The van der Waals surface area contributed by atoms with E-state index in [4.69, 9.17) is 16.1 Å². The molecule has 0 radical (unpaired) electrons. The van der Waals surface area contributed by atoms with Gasteiger partial charge in [-0.2, -0.15) is 4.98 Å². The van der Waals surface area contributed by atoms with Crippen molar-refractivity contribution >= 4 is 23.4 Å². The summed E-state index contributed by atoms with van der Waals surface area (Å²) in [5, 5.41) is 16.4. The van der Waals surface area contributed by atoms with Gasteiger partial charge in [0, 0.05) is 17.6 Å². The third-order valence-corrected chi connectivity index (χ3v) is 3.69. The minimum atomic E-state index is 0.502. The third kappa shape index (κ3) is 2.81. The summed E-state index contributed by atoms with van der Waals surface area (Å²) in [4.78, 5) is 4.32. The lowest BCUT2D eigenvalue weighted by Crippen LogP contribution is -1.93. The van der Waals surface area contributed by atoms with Crippen LogP contribution in [0.1, 0.15) is 5.89 Å². The van der Waals surface area contributed by atoms with E-state index in [0.717, 1.165) is 5.56 Å². The number of halogens is 1. The highest BCUT2D eigenvalue weighted by Gasteiger charge is 2.11. The van der Waals surface area contributed by atoms with Crippen LogP contribution in [0.3, 0.4) is 0 Å². The molecule has 20 heavy (non-hydrogen) atoms. The van der Waals surface area contributed by atoms with Gasteiger partial charge in [0.15, 0.2) is 0 Å². The highest BCUT2D eigenvalue weighted by Crippen LogP contribution is 2.22. The number of aryl methyl sites for hydroxylation is 1. The Morgan fingerprint density at radius 3 is 3.05 bits per heavy atom. The van der Waals surface area contributed by atoms with Crippen LogP contribution in [0.15, 0.2) is 33.9 Å². The summed E-state index contributed by atoms with van der Waals surface area (Å²) >= 11 is 7.36. The van der Waals surface area contributed by atoms with Gasteiger partial charge >= 0.3 is 0 Å². The summed E-state index contributed by atoms with van der Waals surface area (Å²) in [6.07, 6.45) is 0. The largest absolute Gasteiger partial charge is 0.338 e. The molecule has 7 nitrogen and oxygen atoms in total. The van der Waals surface area contributed by atoms with Crippen LogP contribution in [0.5, 0.6) is 0 Å². The number of aromatic nitrogens is 6. The van der Waals surface area contributed by atoms with E-state index >= 15 is 0 Å². The Hall–Kier alpha value is -1.93. The molecule has 3 aromatic rings. The van der Waals surface area contributed by atoms with Crippen LogP contribution in [0.2, 0.25) is 5.02 Å². The highest BCUT2D eigenvalue weighted by molar-refractivity contribution is 7.98. The fourth-order valence-corrected chi connectivity index (χ4v) is 2.41. The molecule has 2 aromatic heterocycles. The van der Waals surface area contributed by atoms with Gasteiger partial charge in [-0.25, -0.2) is 4.68 Å². The van der Waals surface area contributed by atoms with E-state index < -0.39 is 0 Å². The van der Waals surface area contributed by atoms with Crippen molar-refractivity contribution in [2.24, 2.45) is 7.05 Å². The molecule has 0 aliphatic rings. The molecule has 0 saturated heterocycles. The number of thioether (sulfide) groups is 1.